The molecule has 0 amide bonds. The molecule has 0 atom stereocenters. The smallest absolute Gasteiger partial charge is 0.346 e. The van der Waals surface area contributed by atoms with Crippen LogP contribution in [-0.2, 0) is 6.42 Å². The van der Waals surface area contributed by atoms with Crippen molar-refractivity contribution in [2.75, 3.05) is 6.61 Å². The zero-order chi connectivity index (χ0) is 22.8. The zero-order valence-electron chi connectivity index (χ0n) is 18.8. The molecule has 1 heterocycles. The minimum atomic E-state index is -0.730. The number of aromatic nitrogens is 1. The summed E-state index contributed by atoms with van der Waals surface area (Å²) in [6, 6.07) is 15.8. The molecule has 3 aromatic rings. The predicted octanol–water partition coefficient (Wildman–Crippen LogP) is 7.02. The van der Waals surface area contributed by atoms with Gasteiger partial charge in [-0.25, -0.2) is 9.18 Å². The van der Waals surface area contributed by atoms with Crippen LogP contribution in [0.3, 0.4) is 0 Å². The Hall–Kier alpha value is -3.21. The summed E-state index contributed by atoms with van der Waals surface area (Å²) in [7, 11) is 0. The molecule has 3 rings (SSSR count). The molecule has 32 heavy (non-hydrogen) atoms. The van der Waals surface area contributed by atoms with Crippen molar-refractivity contribution in [3.63, 3.8) is 0 Å². The molecular formula is C27H30FNO3. The average molecular weight is 436 g/mol. The fourth-order valence-corrected chi connectivity index (χ4v) is 3.35. The Labute approximate surface area is 189 Å². The van der Waals surface area contributed by atoms with Gasteiger partial charge in [0.15, 0.2) is 0 Å². The van der Waals surface area contributed by atoms with Crippen LogP contribution in [0.2, 0.25) is 0 Å². The third-order valence-corrected chi connectivity index (χ3v) is 5.14. The van der Waals surface area contributed by atoms with E-state index in [0.29, 0.717) is 6.61 Å². The molecule has 168 valence electrons. The van der Waals surface area contributed by atoms with Crippen LogP contribution in [0, 0.1) is 5.82 Å². The highest BCUT2D eigenvalue weighted by Gasteiger charge is 2.15. The van der Waals surface area contributed by atoms with Crippen molar-refractivity contribution in [2.45, 2.75) is 52.4 Å². The molecule has 0 fully saturated rings. The van der Waals surface area contributed by atoms with Crippen LogP contribution in [0.4, 0.5) is 4.39 Å². The Morgan fingerprint density at radius 1 is 0.906 bits per heavy atom. The monoisotopic (exact) mass is 435 g/mol. The Bertz CT molecular complexity index is 1000. The van der Waals surface area contributed by atoms with Crippen molar-refractivity contribution in [1.29, 1.82) is 0 Å². The van der Waals surface area contributed by atoms with E-state index in [2.05, 4.69) is 18.8 Å². The Morgan fingerprint density at radius 3 is 2.34 bits per heavy atom. The largest absolute Gasteiger partial charge is 0.494 e. The number of aryl methyl sites for hydroxylation is 1. The van der Waals surface area contributed by atoms with Crippen LogP contribution in [-0.4, -0.2) is 17.6 Å². The van der Waals surface area contributed by atoms with E-state index in [0.717, 1.165) is 54.7 Å². The molecule has 5 heteroatoms. The molecule has 2 aromatic carbocycles. The number of halogens is 1. The van der Waals surface area contributed by atoms with E-state index >= 15 is 0 Å². The maximum atomic E-state index is 14.4. The van der Waals surface area contributed by atoms with Gasteiger partial charge in [-0.2, -0.15) is 0 Å². The van der Waals surface area contributed by atoms with Crippen LogP contribution < -0.4 is 9.47 Å². The molecule has 0 spiro atoms. The molecule has 0 N–H and O–H groups in total. The molecule has 0 saturated heterocycles. The summed E-state index contributed by atoms with van der Waals surface area (Å²) in [5.74, 6) is -0.204. The van der Waals surface area contributed by atoms with Gasteiger partial charge >= 0.3 is 5.97 Å². The van der Waals surface area contributed by atoms with Gasteiger partial charge < -0.3 is 9.47 Å². The number of unbranched alkanes of at least 4 members (excludes halogenated alkanes) is 3. The molecule has 1 aromatic heterocycles. The van der Waals surface area contributed by atoms with Gasteiger partial charge in [-0.3, -0.25) is 4.98 Å². The van der Waals surface area contributed by atoms with Crippen molar-refractivity contribution in [3.05, 3.63) is 77.7 Å². The summed E-state index contributed by atoms with van der Waals surface area (Å²) in [5, 5.41) is 0. The van der Waals surface area contributed by atoms with Gasteiger partial charge in [-0.1, -0.05) is 39.2 Å². The molecule has 0 bridgehead atoms. The Morgan fingerprint density at radius 2 is 1.69 bits per heavy atom. The minimum Gasteiger partial charge on any atom is -0.494 e. The number of rotatable bonds is 11. The maximum absolute atomic E-state index is 14.4. The van der Waals surface area contributed by atoms with E-state index in [9.17, 15) is 9.18 Å². The second kappa shape index (κ2) is 12.0. The summed E-state index contributed by atoms with van der Waals surface area (Å²) >= 11 is 0. The quantitative estimate of drug-likeness (QED) is 0.240. The topological polar surface area (TPSA) is 48.4 Å². The third kappa shape index (κ3) is 6.64. The van der Waals surface area contributed by atoms with Crippen LogP contribution >= 0.6 is 0 Å². The molecule has 0 aliphatic heterocycles. The van der Waals surface area contributed by atoms with E-state index in [1.807, 2.05) is 24.3 Å². The lowest BCUT2D eigenvalue weighted by molar-refractivity contribution is 0.0729. The maximum Gasteiger partial charge on any atom is 0.346 e. The fraction of sp³-hybridized carbons (Fsp3) is 0.333. The molecule has 4 nitrogen and oxygen atoms in total. The van der Waals surface area contributed by atoms with Gasteiger partial charge in [-0.15, -0.1) is 0 Å². The standard InChI is InChI=1S/C27H30FNO3/c1-3-5-6-7-8-20-9-15-24(25(28)18-20)27(30)32-23-14-16-26(29-19-23)21-10-12-22(13-11-21)31-17-4-2/h9-16,18-19H,3-8,17H2,1-2H3. The third-order valence-electron chi connectivity index (χ3n) is 5.14. The number of carbonyl (C=O) groups excluding carboxylic acids is 1. The number of hydrogen-bond donors (Lipinski definition) is 0. The molecular weight excluding hydrogens is 405 g/mol. The van der Waals surface area contributed by atoms with Crippen molar-refractivity contribution in [3.8, 4) is 22.8 Å². The lowest BCUT2D eigenvalue weighted by Gasteiger charge is -2.08. The second-order valence-corrected chi connectivity index (χ2v) is 7.77. The van der Waals surface area contributed by atoms with E-state index in [-0.39, 0.29) is 11.3 Å². The molecule has 0 unspecified atom stereocenters. The van der Waals surface area contributed by atoms with Crippen LogP contribution in [0.25, 0.3) is 11.3 Å². The molecule has 0 saturated carbocycles. The van der Waals surface area contributed by atoms with E-state index in [1.165, 1.54) is 24.8 Å². The number of pyridine rings is 1. The zero-order valence-corrected chi connectivity index (χ0v) is 18.8. The van der Waals surface area contributed by atoms with E-state index < -0.39 is 11.8 Å². The van der Waals surface area contributed by atoms with Gasteiger partial charge in [0, 0.05) is 5.56 Å². The van der Waals surface area contributed by atoms with Crippen molar-refractivity contribution < 1.29 is 18.7 Å². The number of ether oxygens (including phenoxy) is 2. The minimum absolute atomic E-state index is 0.0750. The lowest BCUT2D eigenvalue weighted by atomic mass is 10.0. The van der Waals surface area contributed by atoms with Gasteiger partial charge in [0.1, 0.15) is 17.3 Å². The number of nitrogens with zero attached hydrogens (tertiary/aromatic N) is 1. The van der Waals surface area contributed by atoms with Gasteiger partial charge in [0.05, 0.1) is 24.1 Å². The highest BCUT2D eigenvalue weighted by molar-refractivity contribution is 5.91. The molecule has 0 aliphatic carbocycles. The first kappa shape index (κ1) is 23.5. The number of carbonyl (C=O) groups is 1. The first-order valence-electron chi connectivity index (χ1n) is 11.3. The Kier molecular flexibility index (Phi) is 8.79. The van der Waals surface area contributed by atoms with E-state index in [1.54, 1.807) is 18.2 Å². The highest BCUT2D eigenvalue weighted by Crippen LogP contribution is 2.23. The normalized spacial score (nSPS) is 10.7. The van der Waals surface area contributed by atoms with Crippen molar-refractivity contribution in [1.82, 2.24) is 4.98 Å². The van der Waals surface area contributed by atoms with Gasteiger partial charge in [-0.05, 0) is 73.4 Å². The summed E-state index contributed by atoms with van der Waals surface area (Å²) < 4.78 is 25.4. The fourth-order valence-electron chi connectivity index (χ4n) is 3.35. The number of esters is 1. The summed E-state index contributed by atoms with van der Waals surface area (Å²) in [5.41, 5.74) is 2.49. The van der Waals surface area contributed by atoms with Crippen LogP contribution in [0.5, 0.6) is 11.5 Å². The summed E-state index contributed by atoms with van der Waals surface area (Å²) in [4.78, 5) is 16.8. The average Bonchev–Trinajstić information content (AvgIpc) is 2.81. The summed E-state index contributed by atoms with van der Waals surface area (Å²) in [6.07, 6.45) is 7.72. The number of hydrogen-bond acceptors (Lipinski definition) is 4. The first-order chi connectivity index (χ1) is 15.6. The highest BCUT2D eigenvalue weighted by atomic mass is 19.1. The van der Waals surface area contributed by atoms with E-state index in [4.69, 9.17) is 9.47 Å². The second-order valence-electron chi connectivity index (χ2n) is 7.77. The first-order valence-corrected chi connectivity index (χ1v) is 11.3. The van der Waals surface area contributed by atoms with Crippen LogP contribution in [0.1, 0.15) is 61.9 Å². The van der Waals surface area contributed by atoms with Gasteiger partial charge in [0.25, 0.3) is 0 Å². The Balaban J connectivity index is 1.59. The summed E-state index contributed by atoms with van der Waals surface area (Å²) in [6.45, 7) is 4.90. The number of benzene rings is 2. The molecule has 0 radical (unpaired) electrons. The SMILES string of the molecule is CCCCCCc1ccc(C(=O)Oc2ccc(-c3ccc(OCCC)cc3)nc2)c(F)c1. The van der Waals surface area contributed by atoms with Crippen LogP contribution in [0.15, 0.2) is 60.8 Å². The predicted molar refractivity (Wildman–Crippen MR) is 125 cm³/mol. The van der Waals surface area contributed by atoms with Crippen molar-refractivity contribution >= 4 is 5.97 Å². The lowest BCUT2D eigenvalue weighted by Crippen LogP contribution is -2.11. The molecule has 0 aliphatic rings. The van der Waals surface area contributed by atoms with Gasteiger partial charge in [0.2, 0.25) is 0 Å². The van der Waals surface area contributed by atoms with Crippen molar-refractivity contribution in [2.24, 2.45) is 0 Å².